The van der Waals surface area contributed by atoms with Gasteiger partial charge < -0.3 is 4.55 Å². The van der Waals surface area contributed by atoms with Crippen LogP contribution in [0.5, 0.6) is 0 Å². The summed E-state index contributed by atoms with van der Waals surface area (Å²) in [6.07, 6.45) is 1.94. The molecule has 1 aliphatic rings. The van der Waals surface area contributed by atoms with E-state index in [1.165, 1.54) is 0 Å². The second kappa shape index (κ2) is 4.96. The van der Waals surface area contributed by atoms with E-state index < -0.39 is 21.6 Å². The SMILES string of the molecule is O=C1C=CC(=O)C(Cc2ccccc2)(S(=O)[O-])C1. The lowest BCUT2D eigenvalue weighted by atomic mass is 9.86. The van der Waals surface area contributed by atoms with E-state index in [4.69, 9.17) is 0 Å². The minimum atomic E-state index is -2.63. The molecule has 5 heteroatoms. The van der Waals surface area contributed by atoms with E-state index in [1.54, 1.807) is 30.3 Å². The van der Waals surface area contributed by atoms with Gasteiger partial charge in [0.2, 0.25) is 0 Å². The summed E-state index contributed by atoms with van der Waals surface area (Å²) >= 11 is -2.63. The monoisotopic (exact) mass is 263 g/mol. The van der Waals surface area contributed by atoms with Gasteiger partial charge in [0.25, 0.3) is 0 Å². The van der Waals surface area contributed by atoms with Crippen molar-refractivity contribution in [2.24, 2.45) is 0 Å². The predicted octanol–water partition coefficient (Wildman–Crippen LogP) is 0.945. The molecular weight excluding hydrogens is 252 g/mol. The molecule has 1 aromatic carbocycles. The summed E-state index contributed by atoms with van der Waals surface area (Å²) in [6, 6.07) is 8.82. The maximum absolute atomic E-state index is 11.9. The fraction of sp³-hybridized carbons (Fsp3) is 0.231. The Morgan fingerprint density at radius 1 is 1.17 bits per heavy atom. The third kappa shape index (κ3) is 2.32. The summed E-state index contributed by atoms with van der Waals surface area (Å²) in [5, 5.41) is 0. The van der Waals surface area contributed by atoms with Crippen molar-refractivity contribution in [2.75, 3.05) is 0 Å². The molecule has 0 fully saturated rings. The highest BCUT2D eigenvalue weighted by atomic mass is 32.2. The average molecular weight is 263 g/mol. The molecule has 0 heterocycles. The molecule has 0 aromatic heterocycles. The van der Waals surface area contributed by atoms with E-state index in [9.17, 15) is 18.4 Å². The molecule has 1 aliphatic carbocycles. The van der Waals surface area contributed by atoms with Crippen molar-refractivity contribution in [1.82, 2.24) is 0 Å². The largest absolute Gasteiger partial charge is 0.772 e. The molecule has 0 aliphatic heterocycles. The van der Waals surface area contributed by atoms with Crippen molar-refractivity contribution >= 4 is 22.6 Å². The van der Waals surface area contributed by atoms with Crippen LogP contribution in [0.4, 0.5) is 0 Å². The molecule has 1 aromatic rings. The Bertz CT molecular complexity index is 535. The van der Waals surface area contributed by atoms with E-state index in [1.807, 2.05) is 0 Å². The van der Waals surface area contributed by atoms with Crippen LogP contribution in [0.2, 0.25) is 0 Å². The summed E-state index contributed by atoms with van der Waals surface area (Å²) in [4.78, 5) is 23.3. The maximum Gasteiger partial charge on any atom is 0.174 e. The van der Waals surface area contributed by atoms with Crippen LogP contribution in [0.1, 0.15) is 12.0 Å². The molecule has 94 valence electrons. The molecule has 2 atom stereocenters. The van der Waals surface area contributed by atoms with E-state index in [2.05, 4.69) is 0 Å². The topological polar surface area (TPSA) is 74.3 Å². The lowest BCUT2D eigenvalue weighted by Crippen LogP contribution is -2.47. The summed E-state index contributed by atoms with van der Waals surface area (Å²) in [5.74, 6) is -0.867. The van der Waals surface area contributed by atoms with Crippen molar-refractivity contribution in [3.63, 3.8) is 0 Å². The predicted molar refractivity (Wildman–Crippen MR) is 65.6 cm³/mol. The number of ketones is 2. The van der Waals surface area contributed by atoms with Crippen LogP contribution in [-0.2, 0) is 27.1 Å². The number of rotatable bonds is 3. The molecule has 2 unspecified atom stereocenters. The molecule has 0 bridgehead atoms. The number of hydrogen-bond donors (Lipinski definition) is 0. The normalized spacial score (nSPS) is 25.2. The van der Waals surface area contributed by atoms with Crippen LogP contribution in [0.3, 0.4) is 0 Å². The highest BCUT2D eigenvalue weighted by Gasteiger charge is 2.42. The average Bonchev–Trinajstić information content (AvgIpc) is 2.35. The Balaban J connectivity index is 2.39. The van der Waals surface area contributed by atoms with Gasteiger partial charge in [-0.2, -0.15) is 0 Å². The molecular formula is C13H11O4S-. The number of allylic oxidation sites excluding steroid dienone is 2. The molecule has 2 rings (SSSR count). The second-order valence-electron chi connectivity index (χ2n) is 4.23. The quantitative estimate of drug-likeness (QED) is 0.761. The third-order valence-electron chi connectivity index (χ3n) is 2.98. The lowest BCUT2D eigenvalue weighted by Gasteiger charge is -2.34. The zero-order valence-corrected chi connectivity index (χ0v) is 10.3. The fourth-order valence-corrected chi connectivity index (χ4v) is 2.80. The van der Waals surface area contributed by atoms with Gasteiger partial charge in [-0.25, -0.2) is 0 Å². The summed E-state index contributed by atoms with van der Waals surface area (Å²) in [5.41, 5.74) is 0.721. The van der Waals surface area contributed by atoms with Crippen molar-refractivity contribution in [3.05, 3.63) is 48.0 Å². The Morgan fingerprint density at radius 2 is 1.83 bits per heavy atom. The molecule has 0 N–H and O–H groups in total. The fourth-order valence-electron chi connectivity index (χ4n) is 2.02. The molecule has 18 heavy (non-hydrogen) atoms. The number of carbonyl (C=O) groups excluding carboxylic acids is 2. The summed E-state index contributed by atoms with van der Waals surface area (Å²) < 4.78 is 21.2. The molecule has 4 nitrogen and oxygen atoms in total. The first kappa shape index (κ1) is 12.9. The molecule has 0 saturated carbocycles. The minimum absolute atomic E-state index is 0.0267. The van der Waals surface area contributed by atoms with E-state index >= 15 is 0 Å². The van der Waals surface area contributed by atoms with Crippen LogP contribution in [0.15, 0.2) is 42.5 Å². The Labute approximate surface area is 107 Å². The first-order valence-electron chi connectivity index (χ1n) is 5.43. The Hall–Kier alpha value is -1.59. The molecule has 0 saturated heterocycles. The van der Waals surface area contributed by atoms with Gasteiger partial charge in [-0.1, -0.05) is 30.3 Å². The first-order valence-corrected chi connectivity index (χ1v) is 6.51. The summed E-state index contributed by atoms with van der Waals surface area (Å²) in [7, 11) is 0. The van der Waals surface area contributed by atoms with Crippen molar-refractivity contribution in [3.8, 4) is 0 Å². The van der Waals surface area contributed by atoms with Gasteiger partial charge in [-0.05, 0) is 35.2 Å². The van der Waals surface area contributed by atoms with Gasteiger partial charge in [-0.3, -0.25) is 13.8 Å². The highest BCUT2D eigenvalue weighted by molar-refractivity contribution is 7.81. The number of carbonyl (C=O) groups is 2. The number of benzene rings is 1. The van der Waals surface area contributed by atoms with Gasteiger partial charge in [-0.15, -0.1) is 0 Å². The van der Waals surface area contributed by atoms with E-state index in [-0.39, 0.29) is 18.6 Å². The Morgan fingerprint density at radius 3 is 2.44 bits per heavy atom. The number of hydrogen-bond acceptors (Lipinski definition) is 4. The van der Waals surface area contributed by atoms with E-state index in [0.717, 1.165) is 17.7 Å². The van der Waals surface area contributed by atoms with Crippen molar-refractivity contribution in [1.29, 1.82) is 0 Å². The first-order chi connectivity index (χ1) is 8.54. The molecule has 0 amide bonds. The van der Waals surface area contributed by atoms with Gasteiger partial charge in [0.1, 0.15) is 4.75 Å². The van der Waals surface area contributed by atoms with Crippen molar-refractivity contribution in [2.45, 2.75) is 17.6 Å². The highest BCUT2D eigenvalue weighted by Crippen LogP contribution is 2.28. The van der Waals surface area contributed by atoms with Crippen LogP contribution >= 0.6 is 0 Å². The second-order valence-corrected chi connectivity index (χ2v) is 5.48. The van der Waals surface area contributed by atoms with Crippen LogP contribution in [0.25, 0.3) is 0 Å². The van der Waals surface area contributed by atoms with Crippen molar-refractivity contribution < 1.29 is 18.4 Å². The smallest absolute Gasteiger partial charge is 0.174 e. The maximum atomic E-state index is 11.9. The van der Waals surface area contributed by atoms with Crippen LogP contribution < -0.4 is 0 Å². The zero-order chi connectivity index (χ0) is 13.2. The standard InChI is InChI=1S/C13H12O4S/c14-11-6-7-12(15)13(9-11,18(16)17)8-10-4-2-1-3-5-10/h1-7H,8-9H2,(H,16,17)/p-1. The third-order valence-corrected chi connectivity index (χ3v) is 4.11. The molecule has 0 spiro atoms. The summed E-state index contributed by atoms with van der Waals surface area (Å²) in [6.45, 7) is 0. The van der Waals surface area contributed by atoms with Crippen LogP contribution in [-0.4, -0.2) is 25.1 Å². The van der Waals surface area contributed by atoms with Gasteiger partial charge in [0.05, 0.1) is 0 Å². The van der Waals surface area contributed by atoms with Crippen LogP contribution in [0, 0.1) is 0 Å². The van der Waals surface area contributed by atoms with Gasteiger partial charge in [0.15, 0.2) is 11.6 Å². The van der Waals surface area contributed by atoms with E-state index in [0.29, 0.717) is 0 Å². The van der Waals surface area contributed by atoms with Gasteiger partial charge >= 0.3 is 0 Å². The zero-order valence-electron chi connectivity index (χ0n) is 9.50. The molecule has 0 radical (unpaired) electrons. The Kier molecular flexibility index (Phi) is 3.54. The van der Waals surface area contributed by atoms with Gasteiger partial charge in [0, 0.05) is 6.42 Å². The lowest BCUT2D eigenvalue weighted by molar-refractivity contribution is -0.123. The minimum Gasteiger partial charge on any atom is -0.772 e.